The number of aromatic nitrogens is 4. The second-order valence-electron chi connectivity index (χ2n) is 5.53. The highest BCUT2D eigenvalue weighted by Crippen LogP contribution is 2.42. The van der Waals surface area contributed by atoms with Crippen LogP contribution in [0.4, 0.5) is 0 Å². The molecular formula is C17H24N4O2. The highest BCUT2D eigenvalue weighted by Gasteiger charge is 2.27. The molecule has 2 aromatic rings. The lowest BCUT2D eigenvalue weighted by atomic mass is 10.1. The molecule has 0 atom stereocenters. The normalized spacial score (nSPS) is 13.1. The predicted molar refractivity (Wildman–Crippen MR) is 88.8 cm³/mol. The van der Waals surface area contributed by atoms with Crippen molar-refractivity contribution in [2.75, 3.05) is 14.2 Å². The summed E-state index contributed by atoms with van der Waals surface area (Å²) in [6.45, 7) is 6.24. The molecule has 0 spiro atoms. The van der Waals surface area contributed by atoms with E-state index in [0.717, 1.165) is 17.0 Å². The van der Waals surface area contributed by atoms with Crippen LogP contribution >= 0.6 is 0 Å². The van der Waals surface area contributed by atoms with Crippen LogP contribution in [0.5, 0.6) is 11.9 Å². The van der Waals surface area contributed by atoms with Gasteiger partial charge in [0.1, 0.15) is 5.69 Å². The van der Waals surface area contributed by atoms with Gasteiger partial charge in [0.05, 0.1) is 25.5 Å². The second-order valence-corrected chi connectivity index (χ2v) is 5.53. The highest BCUT2D eigenvalue weighted by atomic mass is 16.5. The van der Waals surface area contributed by atoms with E-state index in [1.165, 1.54) is 31.9 Å². The average Bonchev–Trinajstić information content (AvgIpc) is 3.40. The Morgan fingerprint density at radius 1 is 1.13 bits per heavy atom. The van der Waals surface area contributed by atoms with Gasteiger partial charge in [0.2, 0.25) is 5.88 Å². The summed E-state index contributed by atoms with van der Waals surface area (Å²) in [5.74, 6) is 1.06. The first kappa shape index (κ1) is 17.1. The summed E-state index contributed by atoms with van der Waals surface area (Å²) in [7, 11) is 3.08. The predicted octanol–water partition coefficient (Wildman–Crippen LogP) is 3.55. The zero-order valence-corrected chi connectivity index (χ0v) is 14.5. The van der Waals surface area contributed by atoms with E-state index in [1.807, 2.05) is 6.92 Å². The molecule has 6 nitrogen and oxygen atoms in total. The monoisotopic (exact) mass is 316 g/mol. The van der Waals surface area contributed by atoms with E-state index in [4.69, 9.17) is 9.47 Å². The molecule has 0 saturated heterocycles. The molecule has 0 unspecified atom stereocenters. The molecule has 1 fully saturated rings. The molecule has 0 N–H and O–H groups in total. The topological polar surface area (TPSA) is 70.0 Å². The lowest BCUT2D eigenvalue weighted by Crippen LogP contribution is -2.01. The van der Waals surface area contributed by atoms with E-state index < -0.39 is 0 Å². The molecule has 124 valence electrons. The van der Waals surface area contributed by atoms with Gasteiger partial charge in [0, 0.05) is 6.20 Å². The average molecular weight is 316 g/mol. The van der Waals surface area contributed by atoms with Gasteiger partial charge in [-0.25, -0.2) is 4.98 Å². The molecule has 2 heterocycles. The SMILES string of the molecule is CCC.COc1ncc(-c2cc(C3CC3)c(C)nn2)c(OC)n1. The minimum absolute atomic E-state index is 0.271. The van der Waals surface area contributed by atoms with Crippen LogP contribution in [0.2, 0.25) is 0 Å². The van der Waals surface area contributed by atoms with Crippen molar-refractivity contribution in [1.82, 2.24) is 20.2 Å². The summed E-state index contributed by atoms with van der Waals surface area (Å²) in [4.78, 5) is 8.29. The fraction of sp³-hybridized carbons (Fsp3) is 0.529. The lowest BCUT2D eigenvalue weighted by Gasteiger charge is -2.09. The fourth-order valence-corrected chi connectivity index (χ4v) is 2.19. The molecule has 3 rings (SSSR count). The minimum Gasteiger partial charge on any atom is -0.480 e. The number of methoxy groups -OCH3 is 2. The number of aryl methyl sites for hydroxylation is 1. The number of nitrogens with zero attached hydrogens (tertiary/aromatic N) is 4. The van der Waals surface area contributed by atoms with Crippen LogP contribution in [-0.2, 0) is 0 Å². The first-order chi connectivity index (χ1) is 11.1. The highest BCUT2D eigenvalue weighted by molar-refractivity contribution is 5.64. The molecule has 0 amide bonds. The Kier molecular flexibility index (Phi) is 5.84. The minimum atomic E-state index is 0.271. The van der Waals surface area contributed by atoms with Gasteiger partial charge in [0.25, 0.3) is 0 Å². The molecule has 0 radical (unpaired) electrons. The second kappa shape index (κ2) is 7.85. The maximum Gasteiger partial charge on any atom is 0.319 e. The fourth-order valence-electron chi connectivity index (χ4n) is 2.19. The Bertz CT molecular complexity index is 657. The maximum atomic E-state index is 5.29. The molecule has 0 aliphatic heterocycles. The Hall–Kier alpha value is -2.24. The molecule has 2 aromatic heterocycles. The number of hydrogen-bond donors (Lipinski definition) is 0. The Morgan fingerprint density at radius 2 is 1.83 bits per heavy atom. The quantitative estimate of drug-likeness (QED) is 0.859. The van der Waals surface area contributed by atoms with Gasteiger partial charge in [-0.2, -0.15) is 10.1 Å². The Labute approximate surface area is 137 Å². The first-order valence-electron chi connectivity index (χ1n) is 7.94. The van der Waals surface area contributed by atoms with E-state index in [9.17, 15) is 0 Å². The van der Waals surface area contributed by atoms with Gasteiger partial charge in [-0.05, 0) is 37.3 Å². The van der Waals surface area contributed by atoms with Crippen molar-refractivity contribution in [2.45, 2.75) is 46.0 Å². The zero-order chi connectivity index (χ0) is 16.8. The molecule has 6 heteroatoms. The molecule has 0 bridgehead atoms. The van der Waals surface area contributed by atoms with Gasteiger partial charge in [0.15, 0.2) is 0 Å². The van der Waals surface area contributed by atoms with Crippen molar-refractivity contribution in [3.05, 3.63) is 23.5 Å². The summed E-state index contributed by atoms with van der Waals surface area (Å²) >= 11 is 0. The third-order valence-electron chi connectivity index (χ3n) is 3.42. The number of ether oxygens (including phenoxy) is 2. The van der Waals surface area contributed by atoms with E-state index in [1.54, 1.807) is 13.3 Å². The van der Waals surface area contributed by atoms with Crippen LogP contribution in [0, 0.1) is 6.92 Å². The van der Waals surface area contributed by atoms with Crippen molar-refractivity contribution in [2.24, 2.45) is 0 Å². The smallest absolute Gasteiger partial charge is 0.319 e. The van der Waals surface area contributed by atoms with E-state index in [-0.39, 0.29) is 6.01 Å². The summed E-state index contributed by atoms with van der Waals surface area (Å²) in [5, 5.41) is 8.47. The van der Waals surface area contributed by atoms with Crippen LogP contribution in [-0.4, -0.2) is 34.4 Å². The Balaban J connectivity index is 0.000000595. The van der Waals surface area contributed by atoms with E-state index in [2.05, 4.69) is 40.1 Å². The first-order valence-corrected chi connectivity index (χ1v) is 7.94. The molecule has 23 heavy (non-hydrogen) atoms. The molecule has 1 aliphatic carbocycles. The third kappa shape index (κ3) is 4.15. The number of rotatable bonds is 4. The largest absolute Gasteiger partial charge is 0.480 e. The molecular weight excluding hydrogens is 292 g/mol. The van der Waals surface area contributed by atoms with Crippen LogP contribution in [0.15, 0.2) is 12.3 Å². The summed E-state index contributed by atoms with van der Waals surface area (Å²) in [6.07, 6.45) is 5.35. The maximum absolute atomic E-state index is 5.29. The van der Waals surface area contributed by atoms with E-state index in [0.29, 0.717) is 11.8 Å². The zero-order valence-electron chi connectivity index (χ0n) is 14.5. The van der Waals surface area contributed by atoms with Crippen molar-refractivity contribution in [1.29, 1.82) is 0 Å². The number of hydrogen-bond acceptors (Lipinski definition) is 6. The van der Waals surface area contributed by atoms with Crippen LogP contribution in [0.1, 0.15) is 50.3 Å². The van der Waals surface area contributed by atoms with Gasteiger partial charge in [-0.1, -0.05) is 20.3 Å². The molecule has 1 aliphatic rings. The Morgan fingerprint density at radius 3 is 2.39 bits per heavy atom. The summed E-state index contributed by atoms with van der Waals surface area (Å²) in [6, 6.07) is 2.33. The molecule has 0 aromatic carbocycles. The molecule has 1 saturated carbocycles. The standard InChI is InChI=1S/C14H16N4O2.C3H8/c1-8-10(9-4-5-9)6-12(18-17-8)11-7-15-14(20-3)16-13(11)19-2;1-3-2/h6-7,9H,4-5H2,1-3H3;3H2,1-2H3. The van der Waals surface area contributed by atoms with Crippen molar-refractivity contribution in [3.63, 3.8) is 0 Å². The summed E-state index contributed by atoms with van der Waals surface area (Å²) in [5.41, 5.74) is 3.71. The van der Waals surface area contributed by atoms with Crippen molar-refractivity contribution >= 4 is 0 Å². The van der Waals surface area contributed by atoms with Crippen LogP contribution in [0.25, 0.3) is 11.3 Å². The van der Waals surface area contributed by atoms with E-state index >= 15 is 0 Å². The van der Waals surface area contributed by atoms with Gasteiger partial charge in [-0.15, -0.1) is 5.10 Å². The van der Waals surface area contributed by atoms with Gasteiger partial charge < -0.3 is 9.47 Å². The van der Waals surface area contributed by atoms with Crippen LogP contribution < -0.4 is 9.47 Å². The van der Waals surface area contributed by atoms with Crippen LogP contribution in [0.3, 0.4) is 0 Å². The van der Waals surface area contributed by atoms with Crippen molar-refractivity contribution < 1.29 is 9.47 Å². The van der Waals surface area contributed by atoms with Crippen molar-refractivity contribution in [3.8, 4) is 23.1 Å². The van der Waals surface area contributed by atoms with Gasteiger partial charge >= 0.3 is 6.01 Å². The van der Waals surface area contributed by atoms with Gasteiger partial charge in [-0.3, -0.25) is 0 Å². The lowest BCUT2D eigenvalue weighted by molar-refractivity contribution is 0.353. The summed E-state index contributed by atoms with van der Waals surface area (Å²) < 4.78 is 10.3. The third-order valence-corrected chi connectivity index (χ3v) is 3.42.